The highest BCUT2D eigenvalue weighted by molar-refractivity contribution is 9.10. The second-order valence-corrected chi connectivity index (χ2v) is 7.30. The minimum atomic E-state index is -0.133. The maximum absolute atomic E-state index is 13.5. The SMILES string of the molecule is CCNC(Cc1cc(F)ccc1Br)C1CC2CCC1C2. The molecule has 0 heterocycles. The second-order valence-electron chi connectivity index (χ2n) is 6.44. The van der Waals surface area contributed by atoms with Gasteiger partial charge in [0.1, 0.15) is 5.82 Å². The first-order valence-corrected chi connectivity index (χ1v) is 8.64. The van der Waals surface area contributed by atoms with Crippen LogP contribution in [0.2, 0.25) is 0 Å². The van der Waals surface area contributed by atoms with Crippen LogP contribution in [0.25, 0.3) is 0 Å². The maximum atomic E-state index is 13.5. The first-order chi connectivity index (χ1) is 9.67. The number of nitrogens with one attached hydrogen (secondary N) is 1. The fraction of sp³-hybridized carbons (Fsp3) is 0.647. The third-order valence-electron chi connectivity index (χ3n) is 5.22. The van der Waals surface area contributed by atoms with E-state index < -0.39 is 0 Å². The zero-order valence-electron chi connectivity index (χ0n) is 12.0. The third-order valence-corrected chi connectivity index (χ3v) is 6.00. The number of hydrogen-bond acceptors (Lipinski definition) is 1. The molecular weight excluding hydrogens is 317 g/mol. The molecule has 1 N–H and O–H groups in total. The van der Waals surface area contributed by atoms with Gasteiger partial charge in [-0.15, -0.1) is 0 Å². The highest BCUT2D eigenvalue weighted by Gasteiger charge is 2.42. The highest BCUT2D eigenvalue weighted by Crippen LogP contribution is 2.50. The van der Waals surface area contributed by atoms with Crippen LogP contribution in [0.5, 0.6) is 0 Å². The molecule has 2 aliphatic carbocycles. The molecule has 110 valence electrons. The van der Waals surface area contributed by atoms with Crippen LogP contribution in [-0.4, -0.2) is 12.6 Å². The van der Waals surface area contributed by atoms with Gasteiger partial charge in [0.2, 0.25) is 0 Å². The van der Waals surface area contributed by atoms with Crippen molar-refractivity contribution >= 4 is 15.9 Å². The van der Waals surface area contributed by atoms with Crippen LogP contribution < -0.4 is 5.32 Å². The smallest absolute Gasteiger partial charge is 0.123 e. The van der Waals surface area contributed by atoms with E-state index in [4.69, 9.17) is 0 Å². The Bertz CT molecular complexity index is 476. The van der Waals surface area contributed by atoms with Crippen LogP contribution in [0.3, 0.4) is 0 Å². The van der Waals surface area contributed by atoms with Crippen molar-refractivity contribution in [2.45, 2.75) is 45.1 Å². The van der Waals surface area contributed by atoms with E-state index >= 15 is 0 Å². The van der Waals surface area contributed by atoms with Gasteiger partial charge in [-0.25, -0.2) is 4.39 Å². The van der Waals surface area contributed by atoms with Crippen LogP contribution >= 0.6 is 15.9 Å². The second kappa shape index (κ2) is 6.15. The van der Waals surface area contributed by atoms with Crippen LogP contribution in [0.15, 0.2) is 22.7 Å². The lowest BCUT2D eigenvalue weighted by atomic mass is 9.81. The zero-order chi connectivity index (χ0) is 14.1. The summed E-state index contributed by atoms with van der Waals surface area (Å²) in [6, 6.07) is 5.53. The van der Waals surface area contributed by atoms with Crippen LogP contribution in [0.4, 0.5) is 4.39 Å². The summed E-state index contributed by atoms with van der Waals surface area (Å²) < 4.78 is 14.5. The minimum Gasteiger partial charge on any atom is -0.314 e. The molecule has 3 heteroatoms. The van der Waals surface area contributed by atoms with E-state index in [1.165, 1.54) is 31.7 Å². The van der Waals surface area contributed by atoms with Crippen molar-refractivity contribution in [3.63, 3.8) is 0 Å². The van der Waals surface area contributed by atoms with Crippen molar-refractivity contribution in [2.24, 2.45) is 17.8 Å². The minimum absolute atomic E-state index is 0.133. The molecule has 0 spiro atoms. The number of hydrogen-bond donors (Lipinski definition) is 1. The largest absolute Gasteiger partial charge is 0.314 e. The normalized spacial score (nSPS) is 29.9. The van der Waals surface area contributed by atoms with Gasteiger partial charge in [0.15, 0.2) is 0 Å². The standard InChI is InChI=1S/C17H23BrFN/c1-2-20-17(15-8-11-3-4-12(15)7-11)10-13-9-14(19)5-6-16(13)18/h5-6,9,11-12,15,17,20H,2-4,7-8,10H2,1H3. The molecule has 1 aromatic rings. The van der Waals surface area contributed by atoms with Gasteiger partial charge in [-0.05, 0) is 73.7 Å². The van der Waals surface area contributed by atoms with E-state index in [1.807, 2.05) is 6.07 Å². The van der Waals surface area contributed by atoms with E-state index in [-0.39, 0.29) is 5.82 Å². The van der Waals surface area contributed by atoms with Crippen molar-refractivity contribution < 1.29 is 4.39 Å². The van der Waals surface area contributed by atoms with Gasteiger partial charge in [0, 0.05) is 10.5 Å². The van der Waals surface area contributed by atoms with E-state index in [9.17, 15) is 4.39 Å². The Morgan fingerprint density at radius 1 is 1.35 bits per heavy atom. The Labute approximate surface area is 129 Å². The summed E-state index contributed by atoms with van der Waals surface area (Å²) in [5.41, 5.74) is 1.10. The highest BCUT2D eigenvalue weighted by atomic mass is 79.9. The van der Waals surface area contributed by atoms with Gasteiger partial charge in [0.05, 0.1) is 0 Å². The molecule has 0 aromatic heterocycles. The summed E-state index contributed by atoms with van der Waals surface area (Å²) in [5, 5.41) is 3.66. The average molecular weight is 340 g/mol. The van der Waals surface area contributed by atoms with Gasteiger partial charge in [-0.3, -0.25) is 0 Å². The van der Waals surface area contributed by atoms with Crippen LogP contribution in [0.1, 0.15) is 38.2 Å². The number of rotatable bonds is 5. The van der Waals surface area contributed by atoms with E-state index in [2.05, 4.69) is 28.2 Å². The molecule has 2 saturated carbocycles. The molecule has 2 fully saturated rings. The summed E-state index contributed by atoms with van der Waals surface area (Å²) in [7, 11) is 0. The molecule has 1 aromatic carbocycles. The predicted molar refractivity (Wildman–Crippen MR) is 84.2 cm³/mol. The first-order valence-electron chi connectivity index (χ1n) is 7.84. The Kier molecular flexibility index (Phi) is 4.46. The molecule has 3 rings (SSSR count). The predicted octanol–water partition coefficient (Wildman–Crippen LogP) is 4.55. The van der Waals surface area contributed by atoms with E-state index in [0.717, 1.165) is 40.8 Å². The molecule has 0 saturated heterocycles. The van der Waals surface area contributed by atoms with Crippen molar-refractivity contribution in [1.82, 2.24) is 5.32 Å². The Hall–Kier alpha value is -0.410. The van der Waals surface area contributed by atoms with Gasteiger partial charge in [0.25, 0.3) is 0 Å². The van der Waals surface area contributed by atoms with E-state index in [1.54, 1.807) is 6.07 Å². The molecule has 0 amide bonds. The van der Waals surface area contributed by atoms with Crippen LogP contribution in [-0.2, 0) is 6.42 Å². The lowest BCUT2D eigenvalue weighted by Gasteiger charge is -2.31. The van der Waals surface area contributed by atoms with Gasteiger partial charge < -0.3 is 5.32 Å². The fourth-order valence-electron chi connectivity index (χ4n) is 4.36. The lowest BCUT2D eigenvalue weighted by Crippen LogP contribution is -2.40. The molecule has 2 bridgehead atoms. The van der Waals surface area contributed by atoms with Crippen molar-refractivity contribution in [3.05, 3.63) is 34.1 Å². The molecule has 1 nitrogen and oxygen atoms in total. The summed E-state index contributed by atoms with van der Waals surface area (Å²) >= 11 is 3.57. The molecule has 2 aliphatic rings. The summed E-state index contributed by atoms with van der Waals surface area (Å²) in [5.74, 6) is 2.51. The van der Waals surface area contributed by atoms with Crippen molar-refractivity contribution in [1.29, 1.82) is 0 Å². The molecule has 4 atom stereocenters. The van der Waals surface area contributed by atoms with Gasteiger partial charge in [-0.1, -0.05) is 29.3 Å². The number of halogens is 2. The number of fused-ring (bicyclic) bond motifs is 2. The Morgan fingerprint density at radius 3 is 2.85 bits per heavy atom. The monoisotopic (exact) mass is 339 g/mol. The topological polar surface area (TPSA) is 12.0 Å². The Balaban J connectivity index is 1.75. The quantitative estimate of drug-likeness (QED) is 0.829. The molecular formula is C17H23BrFN. The number of benzene rings is 1. The van der Waals surface area contributed by atoms with Gasteiger partial charge >= 0.3 is 0 Å². The number of likely N-dealkylation sites (N-methyl/N-ethyl adjacent to an activating group) is 1. The van der Waals surface area contributed by atoms with E-state index in [0.29, 0.717) is 6.04 Å². The molecule has 4 unspecified atom stereocenters. The lowest BCUT2D eigenvalue weighted by molar-refractivity contribution is 0.249. The van der Waals surface area contributed by atoms with Crippen LogP contribution in [0, 0.1) is 23.6 Å². The third kappa shape index (κ3) is 2.94. The first kappa shape index (κ1) is 14.5. The van der Waals surface area contributed by atoms with Crippen molar-refractivity contribution in [3.8, 4) is 0 Å². The summed E-state index contributed by atoms with van der Waals surface area (Å²) in [6.07, 6.45) is 6.57. The molecule has 0 radical (unpaired) electrons. The zero-order valence-corrected chi connectivity index (χ0v) is 13.6. The molecule has 20 heavy (non-hydrogen) atoms. The van der Waals surface area contributed by atoms with Gasteiger partial charge in [-0.2, -0.15) is 0 Å². The van der Waals surface area contributed by atoms with Crippen molar-refractivity contribution in [2.75, 3.05) is 6.54 Å². The summed E-state index contributed by atoms with van der Waals surface area (Å²) in [4.78, 5) is 0. The fourth-order valence-corrected chi connectivity index (χ4v) is 4.77. The maximum Gasteiger partial charge on any atom is 0.123 e. The Morgan fingerprint density at radius 2 is 2.20 bits per heavy atom. The summed E-state index contributed by atoms with van der Waals surface area (Å²) in [6.45, 7) is 3.16. The molecule has 0 aliphatic heterocycles. The average Bonchev–Trinajstić information content (AvgIpc) is 3.05.